The molecule has 8 rings (SSSR count). The fraction of sp³-hybridized carbons (Fsp3) is 0.420. The number of fused-ring (bicyclic) bond motifs is 3. The summed E-state index contributed by atoms with van der Waals surface area (Å²) in [7, 11) is -0.0804. The van der Waals surface area contributed by atoms with Crippen molar-refractivity contribution in [3.8, 4) is 17.2 Å². The Morgan fingerprint density at radius 3 is 2.42 bits per heavy atom. The second-order valence-electron chi connectivity index (χ2n) is 19.0. The van der Waals surface area contributed by atoms with E-state index < -0.39 is 151 Å². The van der Waals surface area contributed by atoms with Crippen LogP contribution < -0.4 is 26.5 Å². The molecule has 2 fully saturated rings. The second-order valence-corrected chi connectivity index (χ2v) is 19.0. The number of aliphatic hydroxyl groups is 3. The van der Waals surface area contributed by atoms with E-state index in [1.165, 1.54) is 43.9 Å². The van der Waals surface area contributed by atoms with Crippen molar-refractivity contribution in [3.05, 3.63) is 112 Å². The minimum atomic E-state index is -2.33. The van der Waals surface area contributed by atoms with Gasteiger partial charge in [0.25, 0.3) is 5.91 Å². The average molecular weight is 1020 g/mol. The van der Waals surface area contributed by atoms with Crippen LogP contribution in [0, 0.1) is 5.92 Å². The number of hydrazone groups is 1. The number of aromatic nitrogens is 2. The van der Waals surface area contributed by atoms with E-state index in [4.69, 9.17) is 29.3 Å². The number of ketones is 2. The predicted octanol–water partition coefficient (Wildman–Crippen LogP) is 0.626. The van der Waals surface area contributed by atoms with Crippen molar-refractivity contribution in [1.82, 2.24) is 26.0 Å². The summed E-state index contributed by atoms with van der Waals surface area (Å²) in [5.74, 6) is -7.39. The van der Waals surface area contributed by atoms with E-state index in [1.54, 1.807) is 37.3 Å². The number of nitrogens with zero attached hydrogens (tertiary/aromatic N) is 3. The van der Waals surface area contributed by atoms with E-state index in [0.717, 1.165) is 5.56 Å². The molecule has 5 unspecified atom stereocenters. The molecule has 0 bridgehead atoms. The molecular formula is C50H56BN7O16. The van der Waals surface area contributed by atoms with Crippen LogP contribution in [-0.2, 0) is 46.0 Å². The number of carbonyl (C=O) groups is 6. The minimum absolute atomic E-state index is 0.0200. The van der Waals surface area contributed by atoms with Crippen molar-refractivity contribution in [2.24, 2.45) is 16.8 Å². The number of rotatable bonds is 17. The standard InChI is InChI=1S/C50H56BN7O16/c1-23(2)15-35(56-47(66)29(16-25-9-6-5-7-10-25)55-48(67)30-21-53-13-14-54-30)51-73-32(49(68)74-51)18-36(60)58-57-34(22-59)50(69)19-27-39(33(20-50)72-37-17-28(52)42(61)24(3)71-37)46(65)41-40(44(27)63)43(62)26-11-8-12-31(70-4)38(26)45(41)64/h5-14,21,23-24,28-29,32-33,35,37,42,59,61,63,65,69H,15-20,22,52H2,1-4H3,(H,55,67)(H,56,66)(H,58,60)/t24?,28?,29-,32?,33-,35-,37?,42?,50-/m0/s1. The third kappa shape index (κ3) is 10.9. The molecule has 4 aromatic rings. The molecule has 2 aliphatic carbocycles. The van der Waals surface area contributed by atoms with Crippen LogP contribution in [-0.4, -0.2) is 146 Å². The number of phenolic OH excluding ortho intramolecular Hbond substituents is 2. The van der Waals surface area contributed by atoms with Gasteiger partial charge >= 0.3 is 13.1 Å². The third-order valence-corrected chi connectivity index (χ3v) is 13.4. The largest absolute Gasteiger partial charge is 0.552 e. The first-order valence-electron chi connectivity index (χ1n) is 23.9. The summed E-state index contributed by atoms with van der Waals surface area (Å²) in [5, 5.41) is 67.2. The van der Waals surface area contributed by atoms with E-state index >= 15 is 0 Å². The van der Waals surface area contributed by atoms with E-state index in [-0.39, 0.29) is 58.9 Å². The van der Waals surface area contributed by atoms with Gasteiger partial charge in [0, 0.05) is 60.8 Å². The number of aliphatic hydroxyl groups excluding tert-OH is 2. The van der Waals surface area contributed by atoms with Crippen LogP contribution >= 0.6 is 0 Å². The van der Waals surface area contributed by atoms with Crippen LogP contribution in [0.25, 0.3) is 0 Å². The second kappa shape index (κ2) is 22.1. The number of aromatic hydroxyl groups is 2. The lowest BCUT2D eigenvalue weighted by molar-refractivity contribution is -0.245. The van der Waals surface area contributed by atoms with Crippen molar-refractivity contribution >= 4 is 48.1 Å². The molecule has 2 aliphatic heterocycles. The number of carbonyl (C=O) groups excluding carboxylic acids is 6. The van der Waals surface area contributed by atoms with Gasteiger partial charge < -0.3 is 65.4 Å². The number of ether oxygens (including phenoxy) is 3. The van der Waals surface area contributed by atoms with E-state index in [0.29, 0.717) is 0 Å². The first-order chi connectivity index (χ1) is 35.3. The zero-order valence-electron chi connectivity index (χ0n) is 40.7. The molecule has 23 nitrogen and oxygen atoms in total. The SMILES string of the molecule is COc1cccc2c1C(=O)c1c(O)c3c(c(O)c1C2=O)C[C@@](O)(C(CO)=NNC(=O)CC1OB([C@H](CC(C)C)NC(=O)[C@H](Cc2ccccc2)NC(=O)c2cnccn2)OC1=O)C[C@@H]3OC1CC(N)C(O)C(C)O1. The molecule has 0 saturated carbocycles. The van der Waals surface area contributed by atoms with Crippen LogP contribution in [0.3, 0.4) is 0 Å². The summed E-state index contributed by atoms with van der Waals surface area (Å²) in [5.41, 5.74) is 4.46. The maximum Gasteiger partial charge on any atom is 0.552 e. The molecule has 74 heavy (non-hydrogen) atoms. The Kier molecular flexibility index (Phi) is 15.9. The van der Waals surface area contributed by atoms with Gasteiger partial charge in [-0.1, -0.05) is 56.3 Å². The first kappa shape index (κ1) is 53.1. The summed E-state index contributed by atoms with van der Waals surface area (Å²) in [4.78, 5) is 90.1. The lowest BCUT2D eigenvalue weighted by Gasteiger charge is -2.43. The highest BCUT2D eigenvalue weighted by Gasteiger charge is 2.51. The highest BCUT2D eigenvalue weighted by molar-refractivity contribution is 6.51. The fourth-order valence-corrected chi connectivity index (χ4v) is 9.72. The van der Waals surface area contributed by atoms with Gasteiger partial charge in [-0.15, -0.1) is 0 Å². The summed E-state index contributed by atoms with van der Waals surface area (Å²) in [6, 6.07) is 11.3. The number of phenols is 2. The summed E-state index contributed by atoms with van der Waals surface area (Å²) >= 11 is 0. The summed E-state index contributed by atoms with van der Waals surface area (Å²) in [6.45, 7) is 4.26. The van der Waals surface area contributed by atoms with E-state index in [9.17, 15) is 54.3 Å². The predicted molar refractivity (Wildman–Crippen MR) is 258 cm³/mol. The number of amides is 3. The Hall–Kier alpha value is -7.19. The zero-order chi connectivity index (χ0) is 53.2. The van der Waals surface area contributed by atoms with Gasteiger partial charge in [-0.3, -0.25) is 33.8 Å². The number of hydrogen-bond acceptors (Lipinski definition) is 20. The van der Waals surface area contributed by atoms with Crippen molar-refractivity contribution < 1.29 is 77.8 Å². The van der Waals surface area contributed by atoms with Gasteiger partial charge in [0.2, 0.25) is 17.6 Å². The number of hydrogen-bond donors (Lipinski definition) is 9. The molecule has 0 spiro atoms. The van der Waals surface area contributed by atoms with Gasteiger partial charge in [-0.05, 0) is 30.9 Å². The van der Waals surface area contributed by atoms with Crippen molar-refractivity contribution in [3.63, 3.8) is 0 Å². The molecule has 9 atom stereocenters. The van der Waals surface area contributed by atoms with Gasteiger partial charge in [0.05, 0.1) is 73.0 Å². The van der Waals surface area contributed by atoms with E-state index in [2.05, 4.69) is 31.1 Å². The maximum atomic E-state index is 14.2. The zero-order valence-corrected chi connectivity index (χ0v) is 40.7. The topological polar surface area (TPSA) is 350 Å². The minimum Gasteiger partial charge on any atom is -0.507 e. The molecule has 3 aromatic carbocycles. The first-order valence-corrected chi connectivity index (χ1v) is 23.9. The molecule has 10 N–H and O–H groups in total. The van der Waals surface area contributed by atoms with Crippen LogP contribution in [0.2, 0.25) is 0 Å². The van der Waals surface area contributed by atoms with Gasteiger partial charge in [-0.2, -0.15) is 5.10 Å². The van der Waals surface area contributed by atoms with Crippen molar-refractivity contribution in [2.75, 3.05) is 13.7 Å². The highest BCUT2D eigenvalue weighted by Crippen LogP contribution is 2.52. The molecule has 3 heterocycles. The monoisotopic (exact) mass is 1020 g/mol. The van der Waals surface area contributed by atoms with E-state index in [1.807, 2.05) is 13.8 Å². The summed E-state index contributed by atoms with van der Waals surface area (Å²) in [6.07, 6.45) is -3.80. The number of nitrogens with two attached hydrogens (primary N) is 1. The fourth-order valence-electron chi connectivity index (χ4n) is 9.72. The number of benzene rings is 3. The van der Waals surface area contributed by atoms with Crippen LogP contribution in [0.15, 0.2) is 72.2 Å². The van der Waals surface area contributed by atoms with Crippen molar-refractivity contribution in [2.45, 2.75) is 114 Å². The molecule has 0 radical (unpaired) electrons. The lowest BCUT2D eigenvalue weighted by Crippen LogP contribution is -2.55. The lowest BCUT2D eigenvalue weighted by atomic mass is 9.71. The summed E-state index contributed by atoms with van der Waals surface area (Å²) < 4.78 is 29.0. The molecule has 24 heteroatoms. The van der Waals surface area contributed by atoms with Crippen molar-refractivity contribution in [1.29, 1.82) is 0 Å². The third-order valence-electron chi connectivity index (χ3n) is 13.4. The molecule has 1 aromatic heterocycles. The highest BCUT2D eigenvalue weighted by atomic mass is 16.7. The van der Waals surface area contributed by atoms with Gasteiger partial charge in [0.1, 0.15) is 40.7 Å². The van der Waals surface area contributed by atoms with Gasteiger partial charge in [0.15, 0.2) is 12.1 Å². The Bertz CT molecular complexity index is 2850. The number of methoxy groups -OCH3 is 1. The van der Waals surface area contributed by atoms with Gasteiger partial charge in [-0.25, -0.2) is 10.4 Å². The van der Waals surface area contributed by atoms with Crippen LogP contribution in [0.1, 0.15) is 112 Å². The molecule has 2 saturated heterocycles. The number of nitrogens with one attached hydrogen (secondary N) is 3. The Morgan fingerprint density at radius 1 is 1.00 bits per heavy atom. The molecule has 4 aliphatic rings. The Morgan fingerprint density at radius 2 is 1.74 bits per heavy atom. The Balaban J connectivity index is 1.01. The molecular weight excluding hydrogens is 965 g/mol. The maximum absolute atomic E-state index is 14.2. The van der Waals surface area contributed by atoms with Crippen LogP contribution in [0.5, 0.6) is 17.2 Å². The normalized spacial score (nSPS) is 24.3. The molecule has 3 amide bonds. The molecule has 390 valence electrons. The smallest absolute Gasteiger partial charge is 0.507 e. The van der Waals surface area contributed by atoms with Crippen LogP contribution in [0.4, 0.5) is 0 Å². The Labute approximate surface area is 423 Å². The average Bonchev–Trinajstić information content (AvgIpc) is 3.74. The quantitative estimate of drug-likeness (QED) is 0.0267.